The van der Waals surface area contributed by atoms with Gasteiger partial charge in [0.25, 0.3) is 5.69 Å². The quantitative estimate of drug-likeness (QED) is 0.652. The summed E-state index contributed by atoms with van der Waals surface area (Å²) in [6, 6.07) is 12.7. The summed E-state index contributed by atoms with van der Waals surface area (Å²) in [7, 11) is 0. The Morgan fingerprint density at radius 2 is 1.91 bits per heavy atom. The molecule has 2 N–H and O–H groups in total. The van der Waals surface area contributed by atoms with Crippen molar-refractivity contribution in [2.75, 3.05) is 11.9 Å². The van der Waals surface area contributed by atoms with Crippen LogP contribution in [-0.4, -0.2) is 17.5 Å². The van der Waals surface area contributed by atoms with E-state index in [-0.39, 0.29) is 5.69 Å². The molecule has 0 unspecified atom stereocenters. The van der Waals surface area contributed by atoms with Crippen molar-refractivity contribution in [3.05, 3.63) is 69.2 Å². The van der Waals surface area contributed by atoms with Gasteiger partial charge in [0.1, 0.15) is 0 Å². The monoisotopic (exact) mass is 319 g/mol. The summed E-state index contributed by atoms with van der Waals surface area (Å²) in [6.07, 6.45) is 0.666. The number of urea groups is 1. The minimum Gasteiger partial charge on any atom is -0.338 e. The Morgan fingerprint density at radius 3 is 2.59 bits per heavy atom. The Kier molecular flexibility index (Phi) is 5.32. The van der Waals surface area contributed by atoms with E-state index in [0.717, 1.165) is 5.56 Å². The lowest BCUT2D eigenvalue weighted by Gasteiger charge is -2.07. The average molecular weight is 320 g/mol. The molecule has 0 saturated carbocycles. The second kappa shape index (κ2) is 7.42. The Bertz CT molecular complexity index is 674. The zero-order valence-corrected chi connectivity index (χ0v) is 12.3. The number of non-ortho nitro benzene ring substituents is 1. The maximum atomic E-state index is 11.7. The minimum absolute atomic E-state index is 0.0704. The molecular formula is C15H14ClN3O3. The predicted molar refractivity (Wildman–Crippen MR) is 85.3 cm³/mol. The number of amides is 2. The summed E-state index contributed by atoms with van der Waals surface area (Å²) >= 11 is 5.79. The maximum absolute atomic E-state index is 11.7. The zero-order chi connectivity index (χ0) is 15.9. The highest BCUT2D eigenvalue weighted by Crippen LogP contribution is 2.16. The van der Waals surface area contributed by atoms with Crippen molar-refractivity contribution in [1.29, 1.82) is 0 Å². The summed E-state index contributed by atoms with van der Waals surface area (Å²) in [5.41, 5.74) is 1.36. The molecular weight excluding hydrogens is 306 g/mol. The van der Waals surface area contributed by atoms with Crippen molar-refractivity contribution < 1.29 is 9.72 Å². The number of rotatable bonds is 5. The number of anilines is 1. The Labute approximate surface area is 132 Å². The number of nitro benzene ring substituents is 1. The van der Waals surface area contributed by atoms with Gasteiger partial charge in [0.05, 0.1) is 4.92 Å². The lowest BCUT2D eigenvalue weighted by atomic mass is 10.1. The van der Waals surface area contributed by atoms with Gasteiger partial charge in [-0.15, -0.1) is 0 Å². The van der Waals surface area contributed by atoms with Crippen molar-refractivity contribution in [3.63, 3.8) is 0 Å². The maximum Gasteiger partial charge on any atom is 0.319 e. The number of carbonyl (C=O) groups is 1. The lowest BCUT2D eigenvalue weighted by Crippen LogP contribution is -2.30. The number of nitrogens with one attached hydrogen (secondary N) is 2. The smallest absolute Gasteiger partial charge is 0.319 e. The fourth-order valence-corrected chi connectivity index (χ4v) is 1.97. The molecule has 22 heavy (non-hydrogen) atoms. The van der Waals surface area contributed by atoms with Crippen LogP contribution in [-0.2, 0) is 6.42 Å². The third-order valence-corrected chi connectivity index (χ3v) is 3.18. The van der Waals surface area contributed by atoms with Gasteiger partial charge in [0.2, 0.25) is 0 Å². The molecule has 0 atom stereocenters. The molecule has 114 valence electrons. The Morgan fingerprint density at radius 1 is 1.18 bits per heavy atom. The summed E-state index contributed by atoms with van der Waals surface area (Å²) in [5.74, 6) is 0. The minimum atomic E-state index is -0.510. The van der Waals surface area contributed by atoms with E-state index in [9.17, 15) is 14.9 Å². The molecule has 0 aliphatic rings. The van der Waals surface area contributed by atoms with Crippen molar-refractivity contribution in [1.82, 2.24) is 5.32 Å². The molecule has 0 aliphatic carbocycles. The fourth-order valence-electron chi connectivity index (χ4n) is 1.84. The van der Waals surface area contributed by atoms with Gasteiger partial charge in [-0.25, -0.2) is 4.79 Å². The largest absolute Gasteiger partial charge is 0.338 e. The first-order chi connectivity index (χ1) is 10.5. The third-order valence-electron chi connectivity index (χ3n) is 2.93. The average Bonchev–Trinajstić information content (AvgIpc) is 2.49. The van der Waals surface area contributed by atoms with Crippen molar-refractivity contribution >= 4 is 29.0 Å². The van der Waals surface area contributed by atoms with Crippen molar-refractivity contribution in [3.8, 4) is 0 Å². The van der Waals surface area contributed by atoms with Gasteiger partial charge in [-0.1, -0.05) is 29.8 Å². The molecule has 2 amide bonds. The van der Waals surface area contributed by atoms with Crippen molar-refractivity contribution in [2.24, 2.45) is 0 Å². The molecule has 0 aliphatic heterocycles. The summed E-state index contributed by atoms with van der Waals surface area (Å²) in [4.78, 5) is 21.9. The molecule has 7 heteroatoms. The molecule has 2 aromatic carbocycles. The highest BCUT2D eigenvalue weighted by Gasteiger charge is 2.07. The van der Waals surface area contributed by atoms with Crippen LogP contribution in [0.3, 0.4) is 0 Å². The molecule has 0 fully saturated rings. The fraction of sp³-hybridized carbons (Fsp3) is 0.133. The molecule has 0 heterocycles. The van der Waals surface area contributed by atoms with Crippen LogP contribution >= 0.6 is 11.6 Å². The summed E-state index contributed by atoms with van der Waals surface area (Å²) in [5, 5.41) is 16.6. The van der Waals surface area contributed by atoms with E-state index in [2.05, 4.69) is 10.6 Å². The van der Waals surface area contributed by atoms with Crippen molar-refractivity contribution in [2.45, 2.75) is 6.42 Å². The van der Waals surface area contributed by atoms with Crippen LogP contribution in [0.5, 0.6) is 0 Å². The van der Waals surface area contributed by atoms with Gasteiger partial charge < -0.3 is 10.6 Å². The molecule has 0 saturated heterocycles. The van der Waals surface area contributed by atoms with E-state index in [1.165, 1.54) is 18.2 Å². The molecule has 2 aromatic rings. The van der Waals surface area contributed by atoms with Crippen LogP contribution in [0.15, 0.2) is 48.5 Å². The third kappa shape index (κ3) is 4.75. The molecule has 2 rings (SSSR count). The van der Waals surface area contributed by atoms with Gasteiger partial charge in [0.15, 0.2) is 0 Å². The normalized spacial score (nSPS) is 10.0. The van der Waals surface area contributed by atoms with Gasteiger partial charge in [-0.3, -0.25) is 10.1 Å². The number of benzene rings is 2. The Balaban J connectivity index is 1.81. The second-order valence-corrected chi connectivity index (χ2v) is 5.00. The highest BCUT2D eigenvalue weighted by molar-refractivity contribution is 6.30. The first kappa shape index (κ1) is 15.8. The lowest BCUT2D eigenvalue weighted by molar-refractivity contribution is -0.384. The number of nitro groups is 1. The van der Waals surface area contributed by atoms with Gasteiger partial charge in [-0.2, -0.15) is 0 Å². The first-order valence-corrected chi connectivity index (χ1v) is 6.96. The van der Waals surface area contributed by atoms with Crippen LogP contribution in [0.4, 0.5) is 16.2 Å². The van der Waals surface area contributed by atoms with E-state index in [1.807, 2.05) is 12.1 Å². The van der Waals surface area contributed by atoms with E-state index in [0.29, 0.717) is 23.7 Å². The molecule has 0 radical (unpaired) electrons. The topological polar surface area (TPSA) is 84.3 Å². The van der Waals surface area contributed by atoms with E-state index < -0.39 is 11.0 Å². The molecule has 0 spiro atoms. The molecule has 0 bridgehead atoms. The van der Waals surface area contributed by atoms with E-state index in [4.69, 9.17) is 11.6 Å². The second-order valence-electron chi connectivity index (χ2n) is 4.56. The number of nitrogens with zero attached hydrogens (tertiary/aromatic N) is 1. The van der Waals surface area contributed by atoms with Crippen LogP contribution < -0.4 is 10.6 Å². The predicted octanol–water partition coefficient (Wildman–Crippen LogP) is 3.61. The summed E-state index contributed by atoms with van der Waals surface area (Å²) < 4.78 is 0. The van der Waals surface area contributed by atoms with Crippen LogP contribution in [0.2, 0.25) is 5.02 Å². The van der Waals surface area contributed by atoms with E-state index >= 15 is 0 Å². The SMILES string of the molecule is O=C(NCCc1ccc(Cl)cc1)Nc1cccc([N+](=O)[O-])c1. The van der Waals surface area contributed by atoms with Crippen LogP contribution in [0.1, 0.15) is 5.56 Å². The van der Waals surface area contributed by atoms with E-state index in [1.54, 1.807) is 18.2 Å². The van der Waals surface area contributed by atoms with Crippen LogP contribution in [0.25, 0.3) is 0 Å². The zero-order valence-electron chi connectivity index (χ0n) is 11.6. The van der Waals surface area contributed by atoms with Gasteiger partial charge in [0, 0.05) is 29.4 Å². The number of carbonyl (C=O) groups excluding carboxylic acids is 1. The van der Waals surface area contributed by atoms with Gasteiger partial charge in [-0.05, 0) is 30.2 Å². The van der Waals surface area contributed by atoms with Gasteiger partial charge >= 0.3 is 6.03 Å². The standard InChI is InChI=1S/C15H14ClN3O3/c16-12-6-4-11(5-7-12)8-9-17-15(20)18-13-2-1-3-14(10-13)19(21)22/h1-7,10H,8-9H2,(H2,17,18,20). The molecule has 6 nitrogen and oxygen atoms in total. The number of hydrogen-bond acceptors (Lipinski definition) is 3. The highest BCUT2D eigenvalue weighted by atomic mass is 35.5. The Hall–Kier alpha value is -2.60. The summed E-state index contributed by atoms with van der Waals surface area (Å²) in [6.45, 7) is 0.447. The number of hydrogen-bond donors (Lipinski definition) is 2. The van der Waals surface area contributed by atoms with Crippen LogP contribution in [0, 0.1) is 10.1 Å². The number of halogens is 1. The first-order valence-electron chi connectivity index (χ1n) is 6.58. The molecule has 0 aromatic heterocycles.